The van der Waals surface area contributed by atoms with Crippen molar-refractivity contribution in [2.24, 2.45) is 4.99 Å². The molecule has 0 bridgehead atoms. The van der Waals surface area contributed by atoms with Gasteiger partial charge in [0.05, 0.1) is 19.9 Å². The molecule has 27 heavy (non-hydrogen) atoms. The molecule has 1 aromatic carbocycles. The first kappa shape index (κ1) is 23.0. The van der Waals surface area contributed by atoms with Crippen molar-refractivity contribution in [1.29, 1.82) is 0 Å². The third kappa shape index (κ3) is 8.96. The van der Waals surface area contributed by atoms with Gasteiger partial charge in [0.2, 0.25) is 10.0 Å². The van der Waals surface area contributed by atoms with Crippen LogP contribution in [0.1, 0.15) is 20.3 Å². The number of aliphatic imine (C=N–C) groups is 1. The van der Waals surface area contributed by atoms with Gasteiger partial charge in [0, 0.05) is 32.7 Å². The van der Waals surface area contributed by atoms with Crippen LogP contribution >= 0.6 is 0 Å². The zero-order chi connectivity index (χ0) is 20.3. The Hall–Kier alpha value is -2.00. The molecular formula is C18H32N4O4S. The summed E-state index contributed by atoms with van der Waals surface area (Å²) in [5.41, 5.74) is 0. The summed E-state index contributed by atoms with van der Waals surface area (Å²) in [7, 11) is 0.169. The maximum Gasteiger partial charge on any atom is 0.211 e. The Balaban J connectivity index is 2.34. The molecule has 0 aliphatic carbocycles. The molecule has 0 amide bonds. The molecule has 0 saturated heterocycles. The fourth-order valence-electron chi connectivity index (χ4n) is 2.43. The third-order valence-electron chi connectivity index (χ3n) is 3.86. The topological polar surface area (TPSA) is 92.3 Å². The minimum Gasteiger partial charge on any atom is -0.497 e. The first-order chi connectivity index (χ1) is 12.8. The summed E-state index contributed by atoms with van der Waals surface area (Å²) >= 11 is 0. The van der Waals surface area contributed by atoms with Crippen LogP contribution in [0.15, 0.2) is 29.3 Å². The average molecular weight is 401 g/mol. The van der Waals surface area contributed by atoms with E-state index in [4.69, 9.17) is 9.47 Å². The maximum absolute atomic E-state index is 11.6. The van der Waals surface area contributed by atoms with Crippen LogP contribution in [0, 0.1) is 0 Å². The van der Waals surface area contributed by atoms with E-state index in [0.717, 1.165) is 11.5 Å². The van der Waals surface area contributed by atoms with Crippen LogP contribution in [-0.2, 0) is 10.0 Å². The second-order valence-corrected chi connectivity index (χ2v) is 8.08. The van der Waals surface area contributed by atoms with E-state index in [9.17, 15) is 8.42 Å². The minimum absolute atomic E-state index is 0.0727. The standard InChI is InChI=1S/C18H32N4O4S/c1-6-22(27(5,23)24)12-8-11-20-18(19-3)21-14-15(2)26-17-10-7-9-16(13-17)25-4/h7,9-10,13,15H,6,8,11-12,14H2,1-5H3,(H2,19,20,21). The highest BCUT2D eigenvalue weighted by Crippen LogP contribution is 2.19. The predicted octanol–water partition coefficient (Wildman–Crippen LogP) is 1.30. The van der Waals surface area contributed by atoms with Gasteiger partial charge in [-0.15, -0.1) is 0 Å². The summed E-state index contributed by atoms with van der Waals surface area (Å²) < 4.78 is 35.6. The van der Waals surface area contributed by atoms with Crippen LogP contribution in [-0.4, -0.2) is 71.4 Å². The number of methoxy groups -OCH3 is 1. The number of ether oxygens (including phenoxy) is 2. The lowest BCUT2D eigenvalue weighted by molar-refractivity contribution is 0.223. The largest absolute Gasteiger partial charge is 0.497 e. The Morgan fingerprint density at radius 3 is 2.59 bits per heavy atom. The van der Waals surface area contributed by atoms with Crippen LogP contribution in [0.4, 0.5) is 0 Å². The van der Waals surface area contributed by atoms with Gasteiger partial charge in [-0.2, -0.15) is 0 Å². The first-order valence-corrected chi connectivity index (χ1v) is 10.8. The quantitative estimate of drug-likeness (QED) is 0.330. The second kappa shape index (κ2) is 11.7. The average Bonchev–Trinajstić information content (AvgIpc) is 2.63. The smallest absolute Gasteiger partial charge is 0.211 e. The molecule has 1 aromatic rings. The summed E-state index contributed by atoms with van der Waals surface area (Å²) in [6.45, 7) is 5.95. The zero-order valence-electron chi connectivity index (χ0n) is 16.9. The highest BCUT2D eigenvalue weighted by molar-refractivity contribution is 7.88. The number of guanidine groups is 1. The molecule has 1 rings (SSSR count). The molecule has 0 spiro atoms. The van der Waals surface area contributed by atoms with Gasteiger partial charge in [0.1, 0.15) is 17.6 Å². The fraction of sp³-hybridized carbons (Fsp3) is 0.611. The van der Waals surface area contributed by atoms with Crippen molar-refractivity contribution >= 4 is 16.0 Å². The van der Waals surface area contributed by atoms with Gasteiger partial charge in [-0.1, -0.05) is 13.0 Å². The maximum atomic E-state index is 11.6. The van der Waals surface area contributed by atoms with E-state index in [0.29, 0.717) is 38.6 Å². The SMILES string of the molecule is CCN(CCCNC(=NC)NCC(C)Oc1cccc(OC)c1)S(C)(=O)=O. The lowest BCUT2D eigenvalue weighted by Gasteiger charge is -2.19. The molecule has 0 heterocycles. The monoisotopic (exact) mass is 400 g/mol. The molecule has 0 fully saturated rings. The Morgan fingerprint density at radius 2 is 2.00 bits per heavy atom. The van der Waals surface area contributed by atoms with E-state index in [-0.39, 0.29) is 6.10 Å². The van der Waals surface area contributed by atoms with E-state index < -0.39 is 10.0 Å². The van der Waals surface area contributed by atoms with E-state index in [1.165, 1.54) is 10.6 Å². The molecule has 0 aromatic heterocycles. The van der Waals surface area contributed by atoms with Gasteiger partial charge in [0.25, 0.3) is 0 Å². The molecular weight excluding hydrogens is 368 g/mol. The molecule has 8 nitrogen and oxygen atoms in total. The van der Waals surface area contributed by atoms with Crippen molar-refractivity contribution in [3.05, 3.63) is 24.3 Å². The molecule has 2 N–H and O–H groups in total. The molecule has 1 unspecified atom stereocenters. The van der Waals surface area contributed by atoms with Gasteiger partial charge < -0.3 is 20.1 Å². The summed E-state index contributed by atoms with van der Waals surface area (Å²) in [5.74, 6) is 2.14. The normalized spacial score (nSPS) is 13.3. The third-order valence-corrected chi connectivity index (χ3v) is 5.24. The van der Waals surface area contributed by atoms with E-state index in [2.05, 4.69) is 15.6 Å². The van der Waals surface area contributed by atoms with Crippen molar-refractivity contribution in [3.63, 3.8) is 0 Å². The Morgan fingerprint density at radius 1 is 1.30 bits per heavy atom. The van der Waals surface area contributed by atoms with Crippen molar-refractivity contribution in [1.82, 2.24) is 14.9 Å². The van der Waals surface area contributed by atoms with Crippen molar-refractivity contribution in [2.45, 2.75) is 26.4 Å². The van der Waals surface area contributed by atoms with Crippen LogP contribution in [0.5, 0.6) is 11.5 Å². The number of hydrogen-bond acceptors (Lipinski definition) is 5. The molecule has 0 saturated carbocycles. The van der Waals surface area contributed by atoms with Gasteiger partial charge in [-0.25, -0.2) is 12.7 Å². The summed E-state index contributed by atoms with van der Waals surface area (Å²) in [5, 5.41) is 6.38. The second-order valence-electron chi connectivity index (χ2n) is 6.10. The Labute approximate surface area is 163 Å². The lowest BCUT2D eigenvalue weighted by atomic mass is 10.3. The molecule has 9 heteroatoms. The van der Waals surface area contributed by atoms with Gasteiger partial charge in [0.15, 0.2) is 5.96 Å². The van der Waals surface area contributed by atoms with Gasteiger partial charge in [-0.05, 0) is 25.5 Å². The van der Waals surface area contributed by atoms with Crippen molar-refractivity contribution < 1.29 is 17.9 Å². The molecule has 154 valence electrons. The number of sulfonamides is 1. The highest BCUT2D eigenvalue weighted by Gasteiger charge is 2.13. The number of nitrogens with zero attached hydrogens (tertiary/aromatic N) is 2. The highest BCUT2D eigenvalue weighted by atomic mass is 32.2. The summed E-state index contributed by atoms with van der Waals surface area (Å²) in [6, 6.07) is 7.47. The van der Waals surface area contributed by atoms with Crippen LogP contribution < -0.4 is 20.1 Å². The van der Waals surface area contributed by atoms with E-state index >= 15 is 0 Å². The zero-order valence-corrected chi connectivity index (χ0v) is 17.7. The fourth-order valence-corrected chi connectivity index (χ4v) is 3.36. The van der Waals surface area contributed by atoms with Crippen LogP contribution in [0.3, 0.4) is 0 Å². The minimum atomic E-state index is -3.14. The van der Waals surface area contributed by atoms with Gasteiger partial charge in [-0.3, -0.25) is 4.99 Å². The summed E-state index contributed by atoms with van der Waals surface area (Å²) in [4.78, 5) is 4.17. The molecule has 0 aliphatic rings. The number of hydrogen-bond donors (Lipinski definition) is 2. The Bertz CT molecular complexity index is 694. The van der Waals surface area contributed by atoms with Crippen LogP contribution in [0.2, 0.25) is 0 Å². The first-order valence-electron chi connectivity index (χ1n) is 9.00. The van der Waals surface area contributed by atoms with Crippen LogP contribution in [0.25, 0.3) is 0 Å². The number of benzene rings is 1. The van der Waals surface area contributed by atoms with E-state index in [1.807, 2.05) is 38.1 Å². The van der Waals surface area contributed by atoms with Gasteiger partial charge >= 0.3 is 0 Å². The predicted molar refractivity (Wildman–Crippen MR) is 109 cm³/mol. The van der Waals surface area contributed by atoms with E-state index in [1.54, 1.807) is 14.2 Å². The number of rotatable bonds is 11. The Kier molecular flexibility index (Phi) is 9.95. The summed E-state index contributed by atoms with van der Waals surface area (Å²) in [6.07, 6.45) is 1.85. The van der Waals surface area contributed by atoms with Crippen molar-refractivity contribution in [2.75, 3.05) is 46.6 Å². The lowest BCUT2D eigenvalue weighted by Crippen LogP contribution is -2.42. The molecule has 0 radical (unpaired) electrons. The molecule has 1 atom stereocenters. The number of nitrogens with one attached hydrogen (secondary N) is 2. The molecule has 0 aliphatic heterocycles. The van der Waals surface area contributed by atoms with Crippen molar-refractivity contribution in [3.8, 4) is 11.5 Å².